The van der Waals surface area contributed by atoms with Crippen LogP contribution in [0.15, 0.2) is 65.7 Å². The third-order valence-corrected chi connectivity index (χ3v) is 6.46. The van der Waals surface area contributed by atoms with E-state index in [9.17, 15) is 14.4 Å². The van der Waals surface area contributed by atoms with E-state index in [1.807, 2.05) is 30.3 Å². The maximum absolute atomic E-state index is 14.2. The van der Waals surface area contributed by atoms with Crippen molar-refractivity contribution in [2.75, 3.05) is 12.0 Å². The maximum Gasteiger partial charge on any atom is 0.421 e. The monoisotopic (exact) mass is 520 g/mol. The highest BCUT2D eigenvalue weighted by molar-refractivity contribution is 7.78. The summed E-state index contributed by atoms with van der Waals surface area (Å²) in [6.07, 6.45) is 2.63. The number of amides is 2. The van der Waals surface area contributed by atoms with Crippen LogP contribution in [0.25, 0.3) is 0 Å². The van der Waals surface area contributed by atoms with Crippen molar-refractivity contribution in [1.82, 2.24) is 0 Å². The zero-order valence-electron chi connectivity index (χ0n) is 21.1. The third kappa shape index (κ3) is 5.05. The van der Waals surface area contributed by atoms with Crippen molar-refractivity contribution < 1.29 is 28.6 Å². The average Bonchev–Trinajstić information content (AvgIpc) is 3.10. The van der Waals surface area contributed by atoms with Crippen molar-refractivity contribution in [2.45, 2.75) is 50.9 Å². The lowest BCUT2D eigenvalue weighted by molar-refractivity contribution is -0.164. The molecule has 1 aliphatic heterocycles. The highest BCUT2D eigenvalue weighted by atomic mass is 32.1. The molecule has 2 aromatic carbocycles. The number of carbonyl (C=O) groups is 3. The average molecular weight is 521 g/mol. The summed E-state index contributed by atoms with van der Waals surface area (Å²) in [4.78, 5) is 46.2. The fraction of sp³-hybridized carbons (Fsp3) is 0.357. The van der Waals surface area contributed by atoms with Crippen LogP contribution in [0.3, 0.4) is 0 Å². The molecule has 0 saturated carbocycles. The molecule has 37 heavy (non-hydrogen) atoms. The summed E-state index contributed by atoms with van der Waals surface area (Å²) < 4.78 is 16.7. The van der Waals surface area contributed by atoms with Gasteiger partial charge in [0.25, 0.3) is 5.91 Å². The van der Waals surface area contributed by atoms with Gasteiger partial charge in [0, 0.05) is 5.56 Å². The predicted octanol–water partition coefficient (Wildman–Crippen LogP) is 5.01. The first kappa shape index (κ1) is 26.3. The number of fused-ring (bicyclic) bond motifs is 2. The van der Waals surface area contributed by atoms with Gasteiger partial charge in [-0.25, -0.2) is 14.7 Å². The molecule has 8 nitrogen and oxygen atoms in total. The minimum absolute atomic E-state index is 0.0151. The number of carbonyl (C=O) groups excluding carboxylic acids is 3. The molecule has 0 N–H and O–H groups in total. The largest absolute Gasteiger partial charge is 0.497 e. The number of ether oxygens (including phenoxy) is 3. The van der Waals surface area contributed by atoms with Gasteiger partial charge in [-0.2, -0.15) is 0 Å². The van der Waals surface area contributed by atoms with Gasteiger partial charge in [0.1, 0.15) is 23.4 Å². The number of hydrogen-bond acceptors (Lipinski definition) is 8. The van der Waals surface area contributed by atoms with Crippen LogP contribution in [-0.4, -0.2) is 41.9 Å². The lowest BCUT2D eigenvalue weighted by Gasteiger charge is -2.38. The second-order valence-electron chi connectivity index (χ2n) is 9.90. The lowest BCUT2D eigenvalue weighted by atomic mass is 9.65. The fourth-order valence-electron chi connectivity index (χ4n) is 4.74. The Morgan fingerprint density at radius 3 is 2.57 bits per heavy atom. The topological polar surface area (TPSA) is 94.5 Å². The Morgan fingerprint density at radius 2 is 1.92 bits per heavy atom. The number of isothiocyanates is 1. The van der Waals surface area contributed by atoms with Gasteiger partial charge >= 0.3 is 12.1 Å². The Morgan fingerprint density at radius 1 is 1.19 bits per heavy atom. The molecule has 1 heterocycles. The van der Waals surface area contributed by atoms with Crippen molar-refractivity contribution in [3.8, 4) is 5.75 Å². The Bertz CT molecular complexity index is 1300. The lowest BCUT2D eigenvalue weighted by Crippen LogP contribution is -2.52. The number of hydrogen-bond donors (Lipinski definition) is 0. The van der Waals surface area contributed by atoms with Gasteiger partial charge in [-0.3, -0.25) is 9.59 Å². The highest BCUT2D eigenvalue weighted by Gasteiger charge is 2.60. The molecule has 192 valence electrons. The van der Waals surface area contributed by atoms with Crippen molar-refractivity contribution in [2.24, 2.45) is 10.9 Å². The Kier molecular flexibility index (Phi) is 7.30. The van der Waals surface area contributed by atoms with Crippen LogP contribution in [0, 0.1) is 5.92 Å². The molecule has 0 fully saturated rings. The van der Waals surface area contributed by atoms with E-state index in [1.165, 1.54) is 7.11 Å². The summed E-state index contributed by atoms with van der Waals surface area (Å²) in [6.45, 7) is 5.25. The third-order valence-electron chi connectivity index (χ3n) is 6.35. The molecule has 0 saturated heterocycles. The minimum atomic E-state index is -1.52. The van der Waals surface area contributed by atoms with E-state index < -0.39 is 40.9 Å². The number of aliphatic imine (C=N–C) groups is 1. The summed E-state index contributed by atoms with van der Waals surface area (Å²) in [5.41, 5.74) is -0.775. The summed E-state index contributed by atoms with van der Waals surface area (Å²) in [6, 6.07) is 13.6. The number of esters is 1. The van der Waals surface area contributed by atoms with E-state index in [0.717, 1.165) is 10.5 Å². The van der Waals surface area contributed by atoms with Crippen LogP contribution >= 0.6 is 12.2 Å². The number of nitrogens with zero attached hydrogens (tertiary/aromatic N) is 2. The van der Waals surface area contributed by atoms with E-state index in [2.05, 4.69) is 10.2 Å². The van der Waals surface area contributed by atoms with Gasteiger partial charge in [0.05, 0.1) is 29.9 Å². The molecule has 0 unspecified atom stereocenters. The Hall–Kier alpha value is -3.81. The molecular weight excluding hydrogens is 492 g/mol. The Labute approximate surface area is 220 Å². The maximum atomic E-state index is 14.2. The summed E-state index contributed by atoms with van der Waals surface area (Å²) in [5, 5.41) is 2.35. The molecule has 9 heteroatoms. The number of benzene rings is 2. The van der Waals surface area contributed by atoms with E-state index >= 15 is 0 Å². The van der Waals surface area contributed by atoms with Crippen LogP contribution in [0.5, 0.6) is 5.75 Å². The van der Waals surface area contributed by atoms with Crippen molar-refractivity contribution in [3.63, 3.8) is 0 Å². The first-order valence-electron chi connectivity index (χ1n) is 11.8. The smallest absolute Gasteiger partial charge is 0.421 e. The van der Waals surface area contributed by atoms with Gasteiger partial charge in [-0.15, -0.1) is 0 Å². The SMILES string of the molecule is COc1ccc2c(c1)[C@]1(C=C[C@H](N=C=S)C[C@H]1C(=O)OC(C)(C)C)C(=O)N2C(=O)OCc1ccccc1. The van der Waals surface area contributed by atoms with Crippen LogP contribution in [0.1, 0.15) is 38.3 Å². The molecule has 2 amide bonds. The molecular formula is C28H28N2O6S. The number of thiocarbonyl (C=S) groups is 1. The van der Waals surface area contributed by atoms with Gasteiger partial charge in [0.15, 0.2) is 0 Å². The summed E-state index contributed by atoms with van der Waals surface area (Å²) >= 11 is 4.77. The number of imide groups is 1. The number of methoxy groups -OCH3 is 1. The number of rotatable bonds is 5. The van der Waals surface area contributed by atoms with Crippen LogP contribution in [0.2, 0.25) is 0 Å². The fourth-order valence-corrected chi connectivity index (χ4v) is 4.88. The van der Waals surface area contributed by atoms with Crippen molar-refractivity contribution in [1.29, 1.82) is 0 Å². The van der Waals surface area contributed by atoms with E-state index in [-0.39, 0.29) is 13.0 Å². The zero-order chi connectivity index (χ0) is 26.8. The first-order chi connectivity index (χ1) is 17.6. The quantitative estimate of drug-likeness (QED) is 0.237. The molecule has 1 aliphatic carbocycles. The van der Waals surface area contributed by atoms with E-state index in [4.69, 9.17) is 26.4 Å². The molecule has 0 bridgehead atoms. The molecule has 2 aromatic rings. The second kappa shape index (κ2) is 10.3. The molecule has 2 aliphatic rings. The van der Waals surface area contributed by atoms with Crippen LogP contribution < -0.4 is 9.64 Å². The molecule has 3 atom stereocenters. The van der Waals surface area contributed by atoms with E-state index in [0.29, 0.717) is 17.0 Å². The zero-order valence-corrected chi connectivity index (χ0v) is 21.9. The minimum Gasteiger partial charge on any atom is -0.497 e. The van der Waals surface area contributed by atoms with Crippen molar-refractivity contribution in [3.05, 3.63) is 71.8 Å². The molecule has 1 spiro atoms. The standard InChI is InChI=1S/C28H28N2O6S/c1-27(2,3)36-24(31)22-14-19(29-17-37)12-13-28(22)21-15-20(34-4)10-11-23(21)30(25(28)32)26(33)35-16-18-8-6-5-7-9-18/h5-13,15,19,22H,14,16H2,1-4H3/t19-,22-,28-/m0/s1. The van der Waals surface area contributed by atoms with Crippen molar-refractivity contribution >= 4 is 41.0 Å². The second-order valence-corrected chi connectivity index (χ2v) is 10.1. The van der Waals surface area contributed by atoms with Crippen LogP contribution in [0.4, 0.5) is 10.5 Å². The van der Waals surface area contributed by atoms with Crippen LogP contribution in [-0.2, 0) is 31.1 Å². The molecule has 4 rings (SSSR count). The first-order valence-corrected chi connectivity index (χ1v) is 12.2. The summed E-state index contributed by atoms with van der Waals surface area (Å²) in [7, 11) is 1.50. The van der Waals surface area contributed by atoms with Gasteiger partial charge in [-0.05, 0) is 63.2 Å². The summed E-state index contributed by atoms with van der Waals surface area (Å²) in [5.74, 6) is -1.70. The van der Waals surface area contributed by atoms with Gasteiger partial charge < -0.3 is 14.2 Å². The molecule has 0 radical (unpaired) electrons. The highest BCUT2D eigenvalue weighted by Crippen LogP contribution is 2.52. The normalized spacial score (nSPS) is 22.3. The number of anilines is 1. The van der Waals surface area contributed by atoms with E-state index in [1.54, 1.807) is 51.1 Å². The molecule has 0 aromatic heterocycles. The predicted molar refractivity (Wildman–Crippen MR) is 141 cm³/mol. The van der Waals surface area contributed by atoms with Gasteiger partial charge in [-0.1, -0.05) is 42.5 Å². The van der Waals surface area contributed by atoms with Gasteiger partial charge in [0.2, 0.25) is 0 Å². The Balaban J connectivity index is 1.81.